The predicted molar refractivity (Wildman–Crippen MR) is 152 cm³/mol. The minimum absolute atomic E-state index is 0.0462. The lowest BCUT2D eigenvalue weighted by atomic mass is 10.0. The molecule has 1 unspecified atom stereocenters. The number of halogens is 2. The molecule has 0 spiro atoms. The van der Waals surface area contributed by atoms with Crippen LogP contribution in [0.15, 0.2) is 85.2 Å². The van der Waals surface area contributed by atoms with Gasteiger partial charge in [-0.2, -0.15) is 0 Å². The molecule has 0 saturated heterocycles. The van der Waals surface area contributed by atoms with E-state index in [-0.39, 0.29) is 36.9 Å². The van der Waals surface area contributed by atoms with Crippen LogP contribution in [0, 0.1) is 11.6 Å². The molecule has 0 aliphatic carbocycles. The molecule has 43 heavy (non-hydrogen) atoms. The van der Waals surface area contributed by atoms with Gasteiger partial charge in [-0.25, -0.2) is 13.6 Å². The first-order chi connectivity index (χ1) is 20.9. The second-order valence-corrected chi connectivity index (χ2v) is 9.91. The van der Waals surface area contributed by atoms with Gasteiger partial charge in [0.25, 0.3) is 5.91 Å². The van der Waals surface area contributed by atoms with Crippen LogP contribution >= 0.6 is 0 Å². The van der Waals surface area contributed by atoms with Crippen molar-refractivity contribution >= 4 is 22.8 Å². The third-order valence-electron chi connectivity index (χ3n) is 6.98. The van der Waals surface area contributed by atoms with E-state index in [1.165, 1.54) is 12.3 Å². The van der Waals surface area contributed by atoms with Crippen molar-refractivity contribution in [2.24, 2.45) is 0 Å². The summed E-state index contributed by atoms with van der Waals surface area (Å²) in [6, 6.07) is 19.2. The normalized spacial score (nSPS) is 14.6. The largest absolute Gasteiger partial charge is 0.490 e. The van der Waals surface area contributed by atoms with Gasteiger partial charge in [-0.05, 0) is 54.1 Å². The molecule has 3 heterocycles. The number of pyridine rings is 1. The van der Waals surface area contributed by atoms with Crippen LogP contribution in [0.1, 0.15) is 15.9 Å². The molecule has 9 nitrogen and oxygen atoms in total. The van der Waals surface area contributed by atoms with Crippen molar-refractivity contribution in [3.05, 3.63) is 108 Å². The molecule has 2 aromatic heterocycles. The van der Waals surface area contributed by atoms with Gasteiger partial charge in [0, 0.05) is 41.5 Å². The standard InChI is InChI=1S/C32H25F2N3O6/c33-25-10-9-22(13-26(25)34)41-17-23-16-37(15-20-14-36-27-4-2-1-3-24(20)27)32(40)30-28(43-23)11-12-35-31(30)19-5-7-21(8-6-19)42-18-29(38)39/h1-14,23,36H,15-18H2,(H,38,39). The first kappa shape index (κ1) is 27.7. The number of aliphatic carboxylic acids is 1. The van der Waals surface area contributed by atoms with Gasteiger partial charge in [0.2, 0.25) is 0 Å². The smallest absolute Gasteiger partial charge is 0.341 e. The zero-order valence-corrected chi connectivity index (χ0v) is 22.6. The first-order valence-electron chi connectivity index (χ1n) is 13.4. The Balaban J connectivity index is 1.34. The number of carbonyl (C=O) groups is 2. The fourth-order valence-electron chi connectivity index (χ4n) is 4.97. The van der Waals surface area contributed by atoms with E-state index in [9.17, 15) is 18.4 Å². The minimum atomic E-state index is -1.10. The highest BCUT2D eigenvalue weighted by Crippen LogP contribution is 2.34. The Labute approximate surface area is 244 Å². The van der Waals surface area contributed by atoms with Gasteiger partial charge in [-0.3, -0.25) is 9.78 Å². The van der Waals surface area contributed by atoms with E-state index in [4.69, 9.17) is 19.3 Å². The number of carboxylic acids is 1. The van der Waals surface area contributed by atoms with Crippen LogP contribution < -0.4 is 14.2 Å². The predicted octanol–water partition coefficient (Wildman–Crippen LogP) is 5.45. The van der Waals surface area contributed by atoms with Gasteiger partial charge in [-0.1, -0.05) is 18.2 Å². The Morgan fingerprint density at radius 1 is 1.02 bits per heavy atom. The van der Waals surface area contributed by atoms with E-state index in [1.807, 2.05) is 30.5 Å². The van der Waals surface area contributed by atoms with Gasteiger partial charge >= 0.3 is 5.97 Å². The number of nitrogens with one attached hydrogen (secondary N) is 1. The van der Waals surface area contributed by atoms with Crippen LogP contribution in [0.25, 0.3) is 22.2 Å². The number of hydrogen-bond donors (Lipinski definition) is 2. The monoisotopic (exact) mass is 585 g/mol. The van der Waals surface area contributed by atoms with Gasteiger partial charge in [-0.15, -0.1) is 0 Å². The number of ether oxygens (including phenoxy) is 3. The van der Waals surface area contributed by atoms with Crippen molar-refractivity contribution in [2.75, 3.05) is 19.8 Å². The Morgan fingerprint density at radius 2 is 1.81 bits per heavy atom. The van der Waals surface area contributed by atoms with Crippen LogP contribution in [0.4, 0.5) is 8.78 Å². The van der Waals surface area contributed by atoms with Crippen molar-refractivity contribution in [3.8, 4) is 28.5 Å². The summed E-state index contributed by atoms with van der Waals surface area (Å²) in [7, 11) is 0. The highest BCUT2D eigenvalue weighted by Gasteiger charge is 2.33. The molecule has 2 N–H and O–H groups in total. The van der Waals surface area contributed by atoms with E-state index >= 15 is 0 Å². The van der Waals surface area contributed by atoms with Crippen LogP contribution in [0.5, 0.6) is 17.2 Å². The maximum atomic E-state index is 14.2. The number of fused-ring (bicyclic) bond motifs is 2. The van der Waals surface area contributed by atoms with Crippen molar-refractivity contribution in [1.29, 1.82) is 0 Å². The van der Waals surface area contributed by atoms with E-state index < -0.39 is 30.3 Å². The summed E-state index contributed by atoms with van der Waals surface area (Å²) in [6.07, 6.45) is 2.72. The van der Waals surface area contributed by atoms with Crippen LogP contribution in [0.2, 0.25) is 0 Å². The molecule has 5 aromatic rings. The minimum Gasteiger partial charge on any atom is -0.490 e. The lowest BCUT2D eigenvalue weighted by Crippen LogP contribution is -2.39. The number of hydrogen-bond acceptors (Lipinski definition) is 6. The summed E-state index contributed by atoms with van der Waals surface area (Å²) in [5.41, 5.74) is 3.05. The summed E-state index contributed by atoms with van der Waals surface area (Å²) in [5, 5.41) is 9.86. The van der Waals surface area contributed by atoms with Crippen LogP contribution in [0.3, 0.4) is 0 Å². The summed E-state index contributed by atoms with van der Waals surface area (Å²) in [4.78, 5) is 34.5. The maximum absolute atomic E-state index is 14.2. The lowest BCUT2D eigenvalue weighted by Gasteiger charge is -2.24. The number of rotatable bonds is 9. The number of nitrogens with zero attached hydrogens (tertiary/aromatic N) is 2. The molecule has 1 amide bonds. The highest BCUT2D eigenvalue weighted by atomic mass is 19.2. The Kier molecular flexibility index (Phi) is 7.61. The average Bonchev–Trinajstić information content (AvgIpc) is 3.36. The van der Waals surface area contributed by atoms with Gasteiger partial charge in [0.1, 0.15) is 29.4 Å². The first-order valence-corrected chi connectivity index (χ1v) is 13.4. The number of carboxylic acid groups (broad SMARTS) is 1. The zero-order chi connectivity index (χ0) is 29.9. The third-order valence-corrected chi connectivity index (χ3v) is 6.98. The molecule has 0 saturated carbocycles. The summed E-state index contributed by atoms with van der Waals surface area (Å²) in [6.45, 7) is -0.140. The van der Waals surface area contributed by atoms with Crippen molar-refractivity contribution in [1.82, 2.24) is 14.9 Å². The van der Waals surface area contributed by atoms with Gasteiger partial charge in [0.15, 0.2) is 24.3 Å². The molecule has 1 atom stereocenters. The molecule has 6 rings (SSSR count). The number of aromatic amines is 1. The van der Waals surface area contributed by atoms with Crippen molar-refractivity contribution < 1.29 is 37.7 Å². The number of aromatic nitrogens is 2. The average molecular weight is 586 g/mol. The lowest BCUT2D eigenvalue weighted by molar-refractivity contribution is -0.139. The Bertz CT molecular complexity index is 1810. The highest BCUT2D eigenvalue weighted by molar-refractivity contribution is 6.03. The summed E-state index contributed by atoms with van der Waals surface area (Å²) < 4.78 is 44.5. The van der Waals surface area contributed by atoms with E-state index in [2.05, 4.69) is 9.97 Å². The van der Waals surface area contributed by atoms with Crippen LogP contribution in [-0.2, 0) is 11.3 Å². The van der Waals surface area contributed by atoms with Crippen molar-refractivity contribution in [2.45, 2.75) is 12.6 Å². The molecule has 0 bridgehead atoms. The van der Waals surface area contributed by atoms with Gasteiger partial charge in [0.05, 0.1) is 12.2 Å². The SMILES string of the molecule is O=C(O)COc1ccc(-c2nccc3c2C(=O)N(Cc2c[nH]c4ccccc24)CC(COc2ccc(F)c(F)c2)O3)cc1. The molecule has 11 heteroatoms. The molecule has 0 radical (unpaired) electrons. The molecule has 0 fully saturated rings. The molecule has 3 aromatic carbocycles. The summed E-state index contributed by atoms with van der Waals surface area (Å²) in [5.74, 6) is -2.65. The third kappa shape index (κ3) is 5.96. The molecular formula is C32H25F2N3O6. The fraction of sp³-hybridized carbons (Fsp3) is 0.156. The number of H-pyrrole nitrogens is 1. The molecule has 1 aliphatic rings. The van der Waals surface area contributed by atoms with E-state index in [0.29, 0.717) is 22.8 Å². The Morgan fingerprint density at radius 3 is 2.60 bits per heavy atom. The van der Waals surface area contributed by atoms with Crippen molar-refractivity contribution in [3.63, 3.8) is 0 Å². The van der Waals surface area contributed by atoms with E-state index in [0.717, 1.165) is 28.6 Å². The maximum Gasteiger partial charge on any atom is 0.341 e. The second kappa shape index (κ2) is 11.8. The van der Waals surface area contributed by atoms with Crippen LogP contribution in [-0.4, -0.2) is 57.7 Å². The number of benzene rings is 3. The molecular weight excluding hydrogens is 560 g/mol. The summed E-state index contributed by atoms with van der Waals surface area (Å²) >= 11 is 0. The topological polar surface area (TPSA) is 114 Å². The van der Waals surface area contributed by atoms with E-state index in [1.54, 1.807) is 35.2 Å². The fourth-order valence-corrected chi connectivity index (χ4v) is 4.97. The Hall–Kier alpha value is -5.45. The second-order valence-electron chi connectivity index (χ2n) is 9.91. The number of para-hydroxylation sites is 1. The molecule has 1 aliphatic heterocycles. The molecule has 218 valence electrons. The zero-order valence-electron chi connectivity index (χ0n) is 22.6. The number of amides is 1. The number of carbonyl (C=O) groups excluding carboxylic acids is 1. The quantitative estimate of drug-likeness (QED) is 0.236. The van der Waals surface area contributed by atoms with Gasteiger partial charge < -0.3 is 29.2 Å².